The number of nitriles is 1. The predicted molar refractivity (Wildman–Crippen MR) is 476 cm³/mol. The van der Waals surface area contributed by atoms with Crippen LogP contribution >= 0.6 is 0 Å². The van der Waals surface area contributed by atoms with Gasteiger partial charge in [0.25, 0.3) is 5.78 Å². The number of Topliss-reactive ketones (excluding diaryl/α,β-unsaturated/α-hetero) is 3. The minimum Gasteiger partial charge on any atom is -0.318 e. The summed E-state index contributed by atoms with van der Waals surface area (Å²) in [4.78, 5) is 135. The summed E-state index contributed by atoms with van der Waals surface area (Å²) in [5, 5.41) is 31.8. The zero-order valence-corrected chi connectivity index (χ0v) is 68.8. The molecule has 0 aliphatic heterocycles. The van der Waals surface area contributed by atoms with Crippen molar-refractivity contribution in [2.75, 3.05) is 0 Å². The average molecular weight is 1650 g/mol. The lowest BCUT2D eigenvalue weighted by Gasteiger charge is -2.10. The van der Waals surface area contributed by atoms with E-state index >= 15 is 0 Å². The standard InChI is InChI=1S/C20H15NO2.C18H19NO2.C16H12N2O2.3C16H13NO3/c22-20(18-14-8-3-9-15-18)23-21-19(16-10-4-1-5-11-16)17-12-6-2-7-13-17;1-12-10-13(2)17(14(3)11-12)15(4)19-21-18(20)16-8-6-5-7-9-16;17-12-15(14-9-5-2-6-10-14)18-20-16(19)11-13-7-3-1-4-8-13;1-12(18)20-17-15(13-8-4-2-5-9-13)16(19)14-10-6-3-7-11-14;1-12(18)15(13-8-4-2-5-9-13)17-20-16(19)14-10-6-3-7-11-14;1-12(13-8-4-2-5-9-13)17-20-16(19)15(18)14-10-6-3-7-11-14/h1-15H;5-11H,1-4H3;1-10H,11H2;3*2-11H,1H3/b;19-15+;18-15+;17-15-;17-15+;17-12+. The third-order valence-corrected chi connectivity index (χ3v) is 17.1. The van der Waals surface area contributed by atoms with Crippen molar-refractivity contribution in [1.29, 1.82) is 5.26 Å². The fraction of sp³-hybridized carbons (Fsp3) is 0.0784. The molecule has 0 spiro atoms. The van der Waals surface area contributed by atoms with E-state index in [2.05, 4.69) is 59.7 Å². The van der Waals surface area contributed by atoms with Gasteiger partial charge in [-0.3, -0.25) is 14.4 Å². The van der Waals surface area contributed by atoms with Crippen LogP contribution < -0.4 is 0 Å². The topological polar surface area (TPSA) is 307 Å². The van der Waals surface area contributed by atoms with Gasteiger partial charge in [-0.1, -0.05) is 376 Å². The van der Waals surface area contributed by atoms with Crippen molar-refractivity contribution in [3.05, 3.63) is 465 Å². The van der Waals surface area contributed by atoms with Gasteiger partial charge >= 0.3 is 35.8 Å². The van der Waals surface area contributed by atoms with Crippen molar-refractivity contribution in [3.8, 4) is 6.07 Å². The summed E-state index contributed by atoms with van der Waals surface area (Å²) in [6.45, 7) is 12.3. The van der Waals surface area contributed by atoms with Crippen LogP contribution in [0.1, 0.15) is 141 Å². The van der Waals surface area contributed by atoms with Crippen molar-refractivity contribution in [2.45, 2.75) is 54.9 Å². The van der Waals surface area contributed by atoms with Crippen molar-refractivity contribution >= 4 is 87.4 Å². The lowest BCUT2D eigenvalue weighted by atomic mass is 9.97. The van der Waals surface area contributed by atoms with Crippen LogP contribution in [0.15, 0.2) is 407 Å². The molecule has 0 unspecified atom stereocenters. The number of hydrogen-bond donors (Lipinski definition) is 0. The van der Waals surface area contributed by atoms with Gasteiger partial charge in [-0.2, -0.15) is 5.26 Å². The molecule has 0 aliphatic carbocycles. The smallest absolute Gasteiger partial charge is 0.318 e. The van der Waals surface area contributed by atoms with E-state index in [1.807, 2.05) is 185 Å². The molecule has 0 saturated carbocycles. The second-order valence-corrected chi connectivity index (χ2v) is 26.5. The van der Waals surface area contributed by atoms with Crippen molar-refractivity contribution < 1.29 is 72.2 Å². The number of carbonyl (C=O) groups is 9. The summed E-state index contributed by atoms with van der Waals surface area (Å²) in [5.74, 6) is -4.86. The summed E-state index contributed by atoms with van der Waals surface area (Å²) in [6, 6.07) is 114. The minimum atomic E-state index is -0.994. The van der Waals surface area contributed by atoms with Crippen molar-refractivity contribution in [3.63, 3.8) is 0 Å². The van der Waals surface area contributed by atoms with Crippen LogP contribution in [0.3, 0.4) is 0 Å². The van der Waals surface area contributed by atoms with Gasteiger partial charge in [-0.25, -0.2) is 28.8 Å². The average Bonchev–Trinajstić information content (AvgIpc) is 0.836. The molecule has 124 heavy (non-hydrogen) atoms. The molecule has 0 atom stereocenters. The molecule has 22 heteroatoms. The Bertz CT molecular complexity index is 5860. The number of nitrogens with zero attached hydrogens (tertiary/aromatic N) is 7. The second kappa shape index (κ2) is 50.7. The summed E-state index contributed by atoms with van der Waals surface area (Å²) in [6.07, 6.45) is 0.123. The van der Waals surface area contributed by atoms with E-state index in [4.69, 9.17) is 24.6 Å². The fourth-order valence-electron chi connectivity index (χ4n) is 11.2. The highest BCUT2D eigenvalue weighted by Crippen LogP contribution is 2.20. The van der Waals surface area contributed by atoms with Gasteiger partial charge in [-0.15, -0.1) is 0 Å². The highest BCUT2D eigenvalue weighted by molar-refractivity contribution is 6.51. The van der Waals surface area contributed by atoms with Crippen LogP contribution in [0, 0.1) is 32.1 Å². The molecule has 0 radical (unpaired) electrons. The van der Waals surface area contributed by atoms with Gasteiger partial charge in [0.05, 0.1) is 34.5 Å². The Balaban J connectivity index is 0.000000185. The first kappa shape index (κ1) is 92.7. The second-order valence-electron chi connectivity index (χ2n) is 26.5. The molecule has 0 aromatic heterocycles. The van der Waals surface area contributed by atoms with Crippen molar-refractivity contribution in [2.24, 2.45) is 30.9 Å². The van der Waals surface area contributed by atoms with Crippen molar-refractivity contribution in [1.82, 2.24) is 0 Å². The van der Waals surface area contributed by atoms with Gasteiger partial charge in [0.2, 0.25) is 5.78 Å². The van der Waals surface area contributed by atoms with E-state index in [1.165, 1.54) is 19.4 Å². The minimum absolute atomic E-state index is 0.0759. The van der Waals surface area contributed by atoms with Crippen LogP contribution in [-0.4, -0.2) is 87.4 Å². The van der Waals surface area contributed by atoms with E-state index in [9.17, 15) is 43.2 Å². The Hall–Kier alpha value is -16.8. The molecule has 0 heterocycles. The zero-order chi connectivity index (χ0) is 88.6. The zero-order valence-electron chi connectivity index (χ0n) is 68.8. The maximum Gasteiger partial charge on any atom is 0.405 e. The largest absolute Gasteiger partial charge is 0.405 e. The van der Waals surface area contributed by atoms with E-state index in [-0.39, 0.29) is 40.7 Å². The third kappa shape index (κ3) is 31.2. The summed E-state index contributed by atoms with van der Waals surface area (Å²) < 4.78 is 0. The van der Waals surface area contributed by atoms with Crippen LogP contribution in [0.5, 0.6) is 0 Å². The van der Waals surface area contributed by atoms with Crippen LogP contribution in [-0.2, 0) is 54.6 Å². The molecular weight excluding hydrogens is 1560 g/mol. The maximum atomic E-state index is 12.4. The van der Waals surface area contributed by atoms with Gasteiger partial charge in [0.15, 0.2) is 22.9 Å². The van der Waals surface area contributed by atoms with Gasteiger partial charge in [0, 0.05) is 58.4 Å². The fourth-order valence-corrected chi connectivity index (χ4v) is 11.2. The Morgan fingerprint density at radius 3 is 0.976 bits per heavy atom. The van der Waals surface area contributed by atoms with Crippen LogP contribution in [0.2, 0.25) is 0 Å². The molecule has 618 valence electrons. The predicted octanol–water partition coefficient (Wildman–Crippen LogP) is 19.7. The third-order valence-electron chi connectivity index (χ3n) is 17.1. The Morgan fingerprint density at radius 2 is 0.597 bits per heavy atom. The molecule has 0 amide bonds. The lowest BCUT2D eigenvalue weighted by Crippen LogP contribution is -2.17. The summed E-state index contributed by atoms with van der Waals surface area (Å²) in [5.41, 5.74) is 14.0. The molecule has 13 aromatic rings. The van der Waals surface area contributed by atoms with E-state index in [0.717, 1.165) is 38.9 Å². The summed E-state index contributed by atoms with van der Waals surface area (Å²) >= 11 is 0. The normalized spacial score (nSPS) is 10.8. The number of rotatable bonds is 23. The lowest BCUT2D eigenvalue weighted by molar-refractivity contribution is -0.143. The molecule has 0 fully saturated rings. The Labute approximate surface area is 718 Å². The highest BCUT2D eigenvalue weighted by atomic mass is 16.7. The van der Waals surface area contributed by atoms with Gasteiger partial charge in [-0.05, 0) is 93.3 Å². The number of ketones is 3. The first-order valence-electron chi connectivity index (χ1n) is 38.5. The molecule has 22 nitrogen and oxygen atoms in total. The molecular formula is C102H85N7O15. The molecule has 0 saturated heterocycles. The summed E-state index contributed by atoms with van der Waals surface area (Å²) in [7, 11) is 0. The molecule has 0 N–H and O–H groups in total. The number of aryl methyl sites for hydroxylation is 3. The number of oxime groups is 6. The molecule has 13 rings (SSSR count). The van der Waals surface area contributed by atoms with E-state index < -0.39 is 41.6 Å². The number of carbonyl (C=O) groups excluding carboxylic acids is 9. The number of hydrogen-bond acceptors (Lipinski definition) is 22. The quantitative estimate of drug-likeness (QED) is 0.0189. The first-order valence-corrected chi connectivity index (χ1v) is 38.5. The van der Waals surface area contributed by atoms with Crippen LogP contribution in [0.4, 0.5) is 0 Å². The van der Waals surface area contributed by atoms with Gasteiger partial charge < -0.3 is 29.0 Å². The molecule has 13 aromatic carbocycles. The Morgan fingerprint density at radius 1 is 0.290 bits per heavy atom. The Kier molecular flexibility index (Phi) is 37.9. The molecule has 0 bridgehead atoms. The highest BCUT2D eigenvalue weighted by Gasteiger charge is 2.21. The van der Waals surface area contributed by atoms with E-state index in [0.29, 0.717) is 56.1 Å². The SMILES string of the molecule is C/C(=N\OC(=O)C(=O)c1ccccc1)c1ccccc1.C/C(=N\OC(=O)c1ccccc1)c1c(C)cc(C)cc1C.CC(=O)/C(=N\OC(=O)c1ccccc1)c1ccccc1.CC(=O)O/N=C(\C(=O)c1ccccc1)c1ccccc1.N#C/C(=N\OC(=O)Cc1ccccc1)c1ccccc1.O=C(ON=C(c1ccccc1)c1ccccc1)c1ccccc1. The molecule has 0 aliphatic rings. The maximum absolute atomic E-state index is 12.4. The monoisotopic (exact) mass is 1650 g/mol. The van der Waals surface area contributed by atoms with Crippen LogP contribution in [0.25, 0.3) is 0 Å². The van der Waals surface area contributed by atoms with E-state index in [1.54, 1.807) is 213 Å². The first-order chi connectivity index (χ1) is 60.2. The number of benzene rings is 13. The van der Waals surface area contributed by atoms with Gasteiger partial charge in [0.1, 0.15) is 11.8 Å².